The molecule has 1 aromatic carbocycles. The standard InChI is InChI=1S/C22H16N4O3/c27-21-19-9-15(18-11-24-20-17(18)7-4-8-23-20)12-26(19)16(10-25-21)13-29-22(28)14-5-2-1-3-6-14/h1-12H,13H2,(H,23,24)(H,25,27). The third-order valence-electron chi connectivity index (χ3n) is 4.85. The van der Waals surface area contributed by atoms with Crippen molar-refractivity contribution in [2.24, 2.45) is 0 Å². The van der Waals surface area contributed by atoms with E-state index >= 15 is 0 Å². The van der Waals surface area contributed by atoms with Gasteiger partial charge in [-0.2, -0.15) is 0 Å². The van der Waals surface area contributed by atoms with Crippen LogP contribution in [0, 0.1) is 0 Å². The first-order chi connectivity index (χ1) is 14.2. The summed E-state index contributed by atoms with van der Waals surface area (Å²) < 4.78 is 7.19. The van der Waals surface area contributed by atoms with Crippen molar-refractivity contribution in [3.63, 3.8) is 0 Å². The molecule has 4 heterocycles. The average molecular weight is 384 g/mol. The van der Waals surface area contributed by atoms with Crippen LogP contribution >= 0.6 is 0 Å². The van der Waals surface area contributed by atoms with E-state index in [0.29, 0.717) is 16.8 Å². The summed E-state index contributed by atoms with van der Waals surface area (Å²) in [6.07, 6.45) is 7.03. The number of aromatic nitrogens is 4. The van der Waals surface area contributed by atoms with Crippen molar-refractivity contribution in [1.82, 2.24) is 19.4 Å². The highest BCUT2D eigenvalue weighted by molar-refractivity contribution is 5.94. The number of benzene rings is 1. The van der Waals surface area contributed by atoms with E-state index < -0.39 is 5.97 Å². The van der Waals surface area contributed by atoms with Gasteiger partial charge in [-0.15, -0.1) is 0 Å². The van der Waals surface area contributed by atoms with Gasteiger partial charge in [0.25, 0.3) is 5.56 Å². The predicted octanol–water partition coefficient (Wildman–Crippen LogP) is 3.53. The van der Waals surface area contributed by atoms with Gasteiger partial charge in [-0.1, -0.05) is 18.2 Å². The lowest BCUT2D eigenvalue weighted by atomic mass is 10.1. The quantitative estimate of drug-likeness (QED) is 0.464. The number of rotatable bonds is 4. The number of carbonyl (C=O) groups is 1. The van der Waals surface area contributed by atoms with Gasteiger partial charge in [-0.3, -0.25) is 4.79 Å². The second-order valence-electron chi connectivity index (χ2n) is 6.64. The summed E-state index contributed by atoms with van der Waals surface area (Å²) in [4.78, 5) is 34.7. The fraction of sp³-hybridized carbons (Fsp3) is 0.0455. The van der Waals surface area contributed by atoms with Gasteiger partial charge in [-0.25, -0.2) is 9.78 Å². The molecule has 142 valence electrons. The summed E-state index contributed by atoms with van der Waals surface area (Å²) in [5, 5.41) is 0.969. The van der Waals surface area contributed by atoms with Gasteiger partial charge in [0, 0.05) is 41.3 Å². The van der Waals surface area contributed by atoms with E-state index in [2.05, 4.69) is 15.0 Å². The van der Waals surface area contributed by atoms with E-state index in [1.807, 2.05) is 36.7 Å². The number of nitrogens with one attached hydrogen (secondary N) is 2. The molecule has 5 rings (SSSR count). The lowest BCUT2D eigenvalue weighted by molar-refractivity contribution is 0.0466. The smallest absolute Gasteiger partial charge is 0.338 e. The number of nitrogens with zero attached hydrogens (tertiary/aromatic N) is 2. The van der Waals surface area contributed by atoms with Crippen molar-refractivity contribution >= 4 is 22.5 Å². The maximum atomic E-state index is 12.3. The minimum Gasteiger partial charge on any atom is -0.456 e. The lowest BCUT2D eigenvalue weighted by Crippen LogP contribution is -2.13. The number of H-pyrrole nitrogens is 2. The van der Waals surface area contributed by atoms with Crippen LogP contribution in [0.1, 0.15) is 16.1 Å². The number of hydrogen-bond donors (Lipinski definition) is 2. The number of esters is 1. The highest BCUT2D eigenvalue weighted by Crippen LogP contribution is 2.29. The van der Waals surface area contributed by atoms with Gasteiger partial charge in [0.15, 0.2) is 0 Å². The van der Waals surface area contributed by atoms with Gasteiger partial charge in [0.05, 0.1) is 11.3 Å². The Balaban J connectivity index is 1.52. The molecule has 0 aliphatic carbocycles. The largest absolute Gasteiger partial charge is 0.456 e. The monoisotopic (exact) mass is 384 g/mol. The molecule has 0 fully saturated rings. The summed E-state index contributed by atoms with van der Waals surface area (Å²) in [6, 6.07) is 14.5. The highest BCUT2D eigenvalue weighted by atomic mass is 16.5. The SMILES string of the molecule is O=C(OCc1c[nH]c(=O)c2cc(-c3c[nH]c4ncccc34)cn12)c1ccccc1. The Morgan fingerprint density at radius 3 is 2.79 bits per heavy atom. The van der Waals surface area contributed by atoms with Crippen LogP contribution in [0.2, 0.25) is 0 Å². The van der Waals surface area contributed by atoms with Crippen LogP contribution < -0.4 is 5.56 Å². The van der Waals surface area contributed by atoms with E-state index in [9.17, 15) is 9.59 Å². The number of aromatic amines is 2. The van der Waals surface area contributed by atoms with Crippen LogP contribution in [0.4, 0.5) is 0 Å². The molecule has 7 heteroatoms. The van der Waals surface area contributed by atoms with Crippen molar-refractivity contribution in [2.75, 3.05) is 0 Å². The second kappa shape index (κ2) is 6.79. The molecule has 29 heavy (non-hydrogen) atoms. The Kier molecular flexibility index (Phi) is 3.98. The Bertz CT molecular complexity index is 1400. The van der Waals surface area contributed by atoms with Crippen LogP contribution in [0.3, 0.4) is 0 Å². The summed E-state index contributed by atoms with van der Waals surface area (Å²) in [7, 11) is 0. The molecular formula is C22H16N4O3. The first-order valence-corrected chi connectivity index (χ1v) is 9.08. The first-order valence-electron chi connectivity index (χ1n) is 9.08. The summed E-state index contributed by atoms with van der Waals surface area (Å²) in [5.41, 5.74) is 4.00. The number of pyridine rings is 1. The van der Waals surface area contributed by atoms with Crippen molar-refractivity contribution in [1.29, 1.82) is 0 Å². The maximum absolute atomic E-state index is 12.3. The minimum absolute atomic E-state index is 0.0323. The van der Waals surface area contributed by atoms with Crippen LogP contribution in [-0.2, 0) is 11.3 Å². The molecular weight excluding hydrogens is 368 g/mol. The van der Waals surface area contributed by atoms with Crippen LogP contribution in [0.5, 0.6) is 0 Å². The molecule has 7 nitrogen and oxygen atoms in total. The van der Waals surface area contributed by atoms with Gasteiger partial charge >= 0.3 is 5.97 Å². The van der Waals surface area contributed by atoms with Crippen LogP contribution in [-0.4, -0.2) is 25.3 Å². The molecule has 0 aliphatic rings. The Labute approximate surface area is 164 Å². The molecule has 0 atom stereocenters. The normalized spacial score (nSPS) is 11.2. The highest BCUT2D eigenvalue weighted by Gasteiger charge is 2.14. The molecule has 0 radical (unpaired) electrons. The predicted molar refractivity (Wildman–Crippen MR) is 109 cm³/mol. The molecule has 0 unspecified atom stereocenters. The molecule has 0 aliphatic heterocycles. The van der Waals surface area contributed by atoms with Gasteiger partial charge in [0.1, 0.15) is 17.8 Å². The number of hydrogen-bond acceptors (Lipinski definition) is 4. The van der Waals surface area contributed by atoms with Crippen molar-refractivity contribution in [3.05, 3.63) is 94.9 Å². The minimum atomic E-state index is -0.417. The summed E-state index contributed by atoms with van der Waals surface area (Å²) in [6.45, 7) is 0.0323. The fourth-order valence-corrected chi connectivity index (χ4v) is 3.42. The van der Waals surface area contributed by atoms with Crippen LogP contribution in [0.15, 0.2) is 78.1 Å². The molecule has 0 saturated carbocycles. The van der Waals surface area contributed by atoms with Crippen LogP contribution in [0.25, 0.3) is 27.7 Å². The number of fused-ring (bicyclic) bond motifs is 2. The first kappa shape index (κ1) is 17.0. The fourth-order valence-electron chi connectivity index (χ4n) is 3.42. The maximum Gasteiger partial charge on any atom is 0.338 e. The molecule has 0 bridgehead atoms. The Morgan fingerprint density at radius 1 is 1.07 bits per heavy atom. The van der Waals surface area contributed by atoms with Crippen molar-refractivity contribution in [3.8, 4) is 11.1 Å². The zero-order chi connectivity index (χ0) is 19.8. The van der Waals surface area contributed by atoms with E-state index in [1.165, 1.54) is 0 Å². The Hall–Kier alpha value is -4.13. The third kappa shape index (κ3) is 2.98. The number of carbonyl (C=O) groups excluding carboxylic acids is 1. The molecule has 0 saturated heterocycles. The molecule has 2 N–H and O–H groups in total. The molecule has 0 spiro atoms. The van der Waals surface area contributed by atoms with Crippen molar-refractivity contribution < 1.29 is 9.53 Å². The average Bonchev–Trinajstić information content (AvgIpc) is 3.39. The van der Waals surface area contributed by atoms with E-state index in [-0.39, 0.29) is 12.2 Å². The number of ether oxygens (including phenoxy) is 1. The third-order valence-corrected chi connectivity index (χ3v) is 4.85. The summed E-state index contributed by atoms with van der Waals surface area (Å²) in [5.74, 6) is -0.417. The molecule has 4 aromatic heterocycles. The molecule has 5 aromatic rings. The zero-order valence-corrected chi connectivity index (χ0v) is 15.3. The van der Waals surface area contributed by atoms with Crippen molar-refractivity contribution in [2.45, 2.75) is 6.61 Å². The van der Waals surface area contributed by atoms with Gasteiger partial charge < -0.3 is 19.1 Å². The van der Waals surface area contributed by atoms with Gasteiger partial charge in [-0.05, 0) is 30.3 Å². The van der Waals surface area contributed by atoms with E-state index in [1.54, 1.807) is 41.1 Å². The molecule has 0 amide bonds. The second-order valence-corrected chi connectivity index (χ2v) is 6.64. The van der Waals surface area contributed by atoms with E-state index in [0.717, 1.165) is 22.2 Å². The zero-order valence-electron chi connectivity index (χ0n) is 15.3. The Morgan fingerprint density at radius 2 is 1.93 bits per heavy atom. The van der Waals surface area contributed by atoms with Gasteiger partial charge in [0.2, 0.25) is 0 Å². The van der Waals surface area contributed by atoms with E-state index in [4.69, 9.17) is 4.74 Å². The summed E-state index contributed by atoms with van der Waals surface area (Å²) >= 11 is 0. The topological polar surface area (TPSA) is 92.2 Å². The lowest BCUT2D eigenvalue weighted by Gasteiger charge is -2.07.